The van der Waals surface area contributed by atoms with Crippen molar-refractivity contribution in [2.45, 2.75) is 64.1 Å². The van der Waals surface area contributed by atoms with Crippen LogP contribution in [-0.4, -0.2) is 78.0 Å². The van der Waals surface area contributed by atoms with Gasteiger partial charge in [0.25, 0.3) is 0 Å². The number of fused-ring (bicyclic) bond motifs is 4. The van der Waals surface area contributed by atoms with Gasteiger partial charge in [0.15, 0.2) is 0 Å². The minimum atomic E-state index is -0.534. The summed E-state index contributed by atoms with van der Waals surface area (Å²) >= 11 is 0. The molecule has 1 amide bonds. The summed E-state index contributed by atoms with van der Waals surface area (Å²) in [5.41, 5.74) is 5.69. The molecule has 9 nitrogen and oxygen atoms in total. The lowest BCUT2D eigenvalue weighted by Gasteiger charge is -2.43. The van der Waals surface area contributed by atoms with Crippen molar-refractivity contribution < 1.29 is 14.3 Å². The van der Waals surface area contributed by atoms with Crippen LogP contribution in [-0.2, 0) is 16.0 Å². The van der Waals surface area contributed by atoms with E-state index in [9.17, 15) is 10.1 Å². The number of carbonyl (C=O) groups is 1. The van der Waals surface area contributed by atoms with Crippen molar-refractivity contribution in [3.8, 4) is 6.07 Å². The van der Waals surface area contributed by atoms with Crippen molar-refractivity contribution in [1.82, 2.24) is 14.8 Å². The number of amides is 1. The van der Waals surface area contributed by atoms with E-state index in [0.717, 1.165) is 41.9 Å². The molecule has 3 aliphatic heterocycles. The molecule has 2 saturated heterocycles. The van der Waals surface area contributed by atoms with Gasteiger partial charge in [0.05, 0.1) is 35.8 Å². The lowest BCUT2D eigenvalue weighted by atomic mass is 9.99. The lowest BCUT2D eigenvalue weighted by molar-refractivity contribution is 0.0252. The predicted molar refractivity (Wildman–Crippen MR) is 159 cm³/mol. The molecule has 2 aromatic carbocycles. The molecule has 4 heterocycles. The Morgan fingerprint density at radius 3 is 2.71 bits per heavy atom. The Hall–Kier alpha value is -3.87. The van der Waals surface area contributed by atoms with Crippen molar-refractivity contribution in [1.29, 1.82) is 5.26 Å². The monoisotopic (exact) mass is 554 g/mol. The van der Waals surface area contributed by atoms with E-state index in [1.807, 2.05) is 32.9 Å². The van der Waals surface area contributed by atoms with Crippen LogP contribution in [0.3, 0.4) is 0 Å². The third-order valence-electron chi connectivity index (χ3n) is 8.48. The Kier molecular flexibility index (Phi) is 7.00. The highest BCUT2D eigenvalue weighted by molar-refractivity contribution is 5.95. The van der Waals surface area contributed by atoms with Crippen LogP contribution in [0.15, 0.2) is 48.7 Å². The average Bonchev–Trinajstić information content (AvgIpc) is 3.53. The van der Waals surface area contributed by atoms with Crippen LogP contribution in [0.2, 0.25) is 0 Å². The molecule has 0 unspecified atom stereocenters. The molecule has 2 fully saturated rings. The fourth-order valence-electron chi connectivity index (χ4n) is 6.58. The largest absolute Gasteiger partial charge is 0.444 e. The summed E-state index contributed by atoms with van der Waals surface area (Å²) in [6.07, 6.45) is 1.33. The van der Waals surface area contributed by atoms with E-state index in [1.54, 1.807) is 18.2 Å². The molecule has 0 spiro atoms. The number of rotatable bonds is 4. The first-order valence-electron chi connectivity index (χ1n) is 14.3. The van der Waals surface area contributed by atoms with E-state index in [4.69, 9.17) is 9.47 Å². The van der Waals surface area contributed by atoms with Crippen molar-refractivity contribution >= 4 is 28.4 Å². The van der Waals surface area contributed by atoms with Gasteiger partial charge in [-0.25, -0.2) is 4.79 Å². The summed E-state index contributed by atoms with van der Waals surface area (Å²) in [6.45, 7) is 11.6. The molecule has 214 valence electrons. The zero-order chi connectivity index (χ0) is 28.9. The van der Waals surface area contributed by atoms with Gasteiger partial charge < -0.3 is 24.6 Å². The molecule has 9 heteroatoms. The van der Waals surface area contributed by atoms with Crippen molar-refractivity contribution in [2.75, 3.05) is 43.5 Å². The Morgan fingerprint density at radius 1 is 1.12 bits per heavy atom. The van der Waals surface area contributed by atoms with Crippen LogP contribution in [0.1, 0.15) is 50.4 Å². The molecule has 3 aliphatic rings. The van der Waals surface area contributed by atoms with Crippen LogP contribution in [0.4, 0.5) is 16.2 Å². The first-order chi connectivity index (χ1) is 19.6. The first-order valence-corrected chi connectivity index (χ1v) is 14.3. The van der Waals surface area contributed by atoms with E-state index in [2.05, 4.69) is 63.4 Å². The number of anilines is 2. The number of piperazine rings is 1. The highest BCUT2D eigenvalue weighted by Crippen LogP contribution is 2.42. The van der Waals surface area contributed by atoms with Gasteiger partial charge in [0.1, 0.15) is 11.7 Å². The Balaban J connectivity index is 1.20. The molecule has 0 radical (unpaired) electrons. The fourth-order valence-corrected chi connectivity index (χ4v) is 6.58. The Bertz CT molecular complexity index is 1510. The number of nitrogens with one attached hydrogen (secondary N) is 1. The van der Waals surface area contributed by atoms with Gasteiger partial charge in [0.2, 0.25) is 0 Å². The third kappa shape index (κ3) is 5.18. The predicted octanol–water partition coefficient (Wildman–Crippen LogP) is 4.92. The topological polar surface area (TPSA) is 94.0 Å². The van der Waals surface area contributed by atoms with Crippen LogP contribution >= 0.6 is 0 Å². The van der Waals surface area contributed by atoms with Crippen LogP contribution in [0.5, 0.6) is 0 Å². The molecule has 41 heavy (non-hydrogen) atoms. The number of ether oxygens (including phenoxy) is 2. The zero-order valence-electron chi connectivity index (χ0n) is 24.4. The fraction of sp³-hybridized carbons (Fsp3) is 0.469. The molecule has 0 bridgehead atoms. The van der Waals surface area contributed by atoms with Crippen molar-refractivity contribution in [3.05, 3.63) is 65.4 Å². The second kappa shape index (κ2) is 10.5. The molecule has 6 rings (SSSR count). The minimum Gasteiger partial charge on any atom is -0.444 e. The quantitative estimate of drug-likeness (QED) is 0.486. The van der Waals surface area contributed by atoms with E-state index >= 15 is 0 Å². The minimum absolute atomic E-state index is 0.0257. The van der Waals surface area contributed by atoms with Gasteiger partial charge in [-0.3, -0.25) is 9.88 Å². The van der Waals surface area contributed by atoms with Gasteiger partial charge in [-0.2, -0.15) is 5.26 Å². The van der Waals surface area contributed by atoms with Gasteiger partial charge in [-0.1, -0.05) is 6.07 Å². The number of benzene rings is 2. The number of carbonyl (C=O) groups excluding carboxylic acids is 1. The number of hydrogen-bond acceptors (Lipinski definition) is 8. The molecule has 0 saturated carbocycles. The maximum Gasteiger partial charge on any atom is 0.410 e. The normalized spacial score (nSPS) is 24.2. The molecule has 4 atom stereocenters. The van der Waals surface area contributed by atoms with Crippen molar-refractivity contribution in [3.63, 3.8) is 0 Å². The molecular weight excluding hydrogens is 516 g/mol. The number of pyridine rings is 1. The summed E-state index contributed by atoms with van der Waals surface area (Å²) in [5, 5.41) is 14.2. The van der Waals surface area contributed by atoms with Gasteiger partial charge in [-0.05, 0) is 75.2 Å². The number of aromatic nitrogens is 1. The highest BCUT2D eigenvalue weighted by Gasteiger charge is 2.40. The second-order valence-electron chi connectivity index (χ2n) is 12.4. The molecule has 1 aromatic heterocycles. The number of nitriles is 1. The zero-order valence-corrected chi connectivity index (χ0v) is 24.4. The summed E-state index contributed by atoms with van der Waals surface area (Å²) < 4.78 is 11.3. The van der Waals surface area contributed by atoms with Gasteiger partial charge in [0, 0.05) is 62.3 Å². The summed E-state index contributed by atoms with van der Waals surface area (Å²) in [4.78, 5) is 24.0. The van der Waals surface area contributed by atoms with E-state index in [0.29, 0.717) is 24.7 Å². The van der Waals surface area contributed by atoms with Gasteiger partial charge in [-0.15, -0.1) is 0 Å². The summed E-state index contributed by atoms with van der Waals surface area (Å²) in [5.74, 6) is 0. The standard InChI is InChI=1S/C32H38N6O3/c1-20-15-36(27-11-8-21(14-33)30-25(27)7-6-12-34-30)18-28-24-10-9-23(13-22(24)16-38(20)28)35-26-17-37(19-29(26)40-5)31(39)41-32(2,3)4/h6-13,20,26,28-29,35H,15-19H2,1-5H3/t20-,26-,28-,29-/m1/s1. The number of likely N-dealkylation sites (tertiary alicyclic amines) is 1. The smallest absolute Gasteiger partial charge is 0.410 e. The molecule has 1 N–H and O–H groups in total. The van der Waals surface area contributed by atoms with E-state index in [1.165, 1.54) is 11.1 Å². The molecule has 0 aliphatic carbocycles. The number of methoxy groups -OCH3 is 1. The van der Waals surface area contributed by atoms with E-state index in [-0.39, 0.29) is 24.3 Å². The average molecular weight is 555 g/mol. The lowest BCUT2D eigenvalue weighted by Crippen LogP contribution is -2.51. The molecular formula is C32H38N6O3. The maximum absolute atomic E-state index is 12.7. The third-order valence-corrected chi connectivity index (χ3v) is 8.48. The highest BCUT2D eigenvalue weighted by atomic mass is 16.6. The summed E-state index contributed by atoms with van der Waals surface area (Å²) in [6, 6.07) is 17.5. The summed E-state index contributed by atoms with van der Waals surface area (Å²) in [7, 11) is 1.69. The van der Waals surface area contributed by atoms with Gasteiger partial charge >= 0.3 is 6.09 Å². The first kappa shape index (κ1) is 27.3. The maximum atomic E-state index is 12.7. The van der Waals surface area contributed by atoms with Crippen LogP contribution in [0.25, 0.3) is 10.9 Å². The number of hydrogen-bond donors (Lipinski definition) is 1. The Morgan fingerprint density at radius 2 is 1.95 bits per heavy atom. The SMILES string of the molecule is CO[C@@H]1CN(C(=O)OC(C)(C)C)C[C@H]1Nc1ccc2c(c1)CN1[C@H](C)CN(c3ccc(C#N)c4ncccc34)C[C@H]21. The van der Waals surface area contributed by atoms with Crippen molar-refractivity contribution in [2.24, 2.45) is 0 Å². The second-order valence-corrected chi connectivity index (χ2v) is 12.4. The van der Waals surface area contributed by atoms with Crippen LogP contribution in [0, 0.1) is 11.3 Å². The Labute approximate surface area is 241 Å². The number of nitrogens with zero attached hydrogens (tertiary/aromatic N) is 5. The molecule has 3 aromatic rings. The van der Waals surface area contributed by atoms with Crippen LogP contribution < -0.4 is 10.2 Å². The van der Waals surface area contributed by atoms with E-state index < -0.39 is 5.60 Å².